The Kier molecular flexibility index (Phi) is 4.99. The summed E-state index contributed by atoms with van der Waals surface area (Å²) in [6.07, 6.45) is 1.17. The Morgan fingerprint density at radius 3 is 1.74 bits per heavy atom. The highest BCUT2D eigenvalue weighted by molar-refractivity contribution is 8.22. The van der Waals surface area contributed by atoms with E-state index in [9.17, 15) is 0 Å². The van der Waals surface area contributed by atoms with E-state index < -0.39 is 12.1 Å². The highest BCUT2D eigenvalue weighted by Gasteiger charge is 2.62. The van der Waals surface area contributed by atoms with E-state index in [-0.39, 0.29) is 10.8 Å². The summed E-state index contributed by atoms with van der Waals surface area (Å²) in [5.41, 5.74) is 7.14. The van der Waals surface area contributed by atoms with Crippen molar-refractivity contribution in [3.8, 4) is 0 Å². The first-order chi connectivity index (χ1) is 12.3. The summed E-state index contributed by atoms with van der Waals surface area (Å²) < 4.78 is 0. The molecule has 4 heteroatoms. The van der Waals surface area contributed by atoms with Crippen LogP contribution in [0.1, 0.15) is 76.2 Å². The van der Waals surface area contributed by atoms with Gasteiger partial charge in [-0.15, -0.1) is 0 Å². The molecule has 0 amide bonds. The van der Waals surface area contributed by atoms with E-state index in [2.05, 4.69) is 62.3 Å². The molecule has 4 aliphatic rings. The SMILES string of the molecule is CC.CC1=C(C)[P@]2(=S)C[C@@]1(C)C(C)=C2C1=C(C)[C@@]2(C)C(C)=C(C)[P@]1(=S)C2C. The monoisotopic (exact) mass is 438 g/mol. The summed E-state index contributed by atoms with van der Waals surface area (Å²) in [5.74, 6) is 0. The van der Waals surface area contributed by atoms with Crippen molar-refractivity contribution in [2.75, 3.05) is 6.16 Å². The molecular weight excluding hydrogens is 402 g/mol. The van der Waals surface area contributed by atoms with Crippen LogP contribution in [0.2, 0.25) is 0 Å². The van der Waals surface area contributed by atoms with Crippen molar-refractivity contribution in [1.29, 1.82) is 0 Å². The van der Waals surface area contributed by atoms with Crippen LogP contribution in [0.4, 0.5) is 0 Å². The lowest BCUT2D eigenvalue weighted by Gasteiger charge is -2.34. The molecule has 0 saturated carbocycles. The van der Waals surface area contributed by atoms with Crippen molar-refractivity contribution in [1.82, 2.24) is 0 Å². The number of hydrogen-bond donors (Lipinski definition) is 0. The van der Waals surface area contributed by atoms with Crippen molar-refractivity contribution < 1.29 is 0 Å². The van der Waals surface area contributed by atoms with Crippen LogP contribution in [0.25, 0.3) is 0 Å². The lowest BCUT2D eigenvalue weighted by molar-refractivity contribution is 0.488. The van der Waals surface area contributed by atoms with E-state index >= 15 is 0 Å². The highest BCUT2D eigenvalue weighted by Crippen LogP contribution is 2.90. The fraction of sp³-hybridized carbons (Fsp3) is 0.652. The Balaban J connectivity index is 0.00000102. The van der Waals surface area contributed by atoms with Gasteiger partial charge >= 0.3 is 0 Å². The van der Waals surface area contributed by atoms with Gasteiger partial charge in [-0.25, -0.2) is 0 Å². The van der Waals surface area contributed by atoms with Crippen LogP contribution in [0.15, 0.2) is 43.5 Å². The van der Waals surface area contributed by atoms with Crippen molar-refractivity contribution in [3.05, 3.63) is 43.5 Å². The van der Waals surface area contributed by atoms with E-state index in [1.165, 1.54) is 16.8 Å². The van der Waals surface area contributed by atoms with Gasteiger partial charge in [-0.3, -0.25) is 0 Å². The van der Waals surface area contributed by atoms with Gasteiger partial charge in [-0.05, 0) is 69.0 Å². The van der Waals surface area contributed by atoms with Crippen molar-refractivity contribution in [2.45, 2.75) is 81.8 Å². The standard InChI is InChI=1S/C21H30P2S2.C2H6/c1-11-15(5)22(24)10-20(11,8)13(3)18(22)19-14(4)21(9)12(2)16(6)23(19,25)17(21)7;1-2/h17H,10H2,1-9H3;1-2H3/t17?,20-,21-,22-,23+;/m1./s1. The molecule has 0 aromatic rings. The van der Waals surface area contributed by atoms with Gasteiger partial charge in [0.05, 0.1) is 0 Å². The van der Waals surface area contributed by atoms with Gasteiger partial charge < -0.3 is 0 Å². The molecule has 0 fully saturated rings. The number of hydrogen-bond acceptors (Lipinski definition) is 2. The molecule has 0 radical (unpaired) electrons. The quantitative estimate of drug-likeness (QED) is 0.376. The van der Waals surface area contributed by atoms with E-state index in [4.69, 9.17) is 23.6 Å². The third-order valence-corrected chi connectivity index (χ3v) is 21.1. The van der Waals surface area contributed by atoms with Gasteiger partial charge in [0.1, 0.15) is 0 Å². The minimum Gasteiger partial charge on any atom is -0.0879 e. The molecule has 4 rings (SSSR count). The normalized spacial score (nSPS) is 45.4. The van der Waals surface area contributed by atoms with Crippen LogP contribution >= 0.6 is 12.1 Å². The average Bonchev–Trinajstić information content (AvgIpc) is 3.07. The molecule has 4 heterocycles. The van der Waals surface area contributed by atoms with E-state index in [1.54, 1.807) is 32.9 Å². The molecule has 0 aliphatic carbocycles. The molecule has 0 N–H and O–H groups in total. The fourth-order valence-electron chi connectivity index (χ4n) is 6.26. The third-order valence-electron chi connectivity index (χ3n) is 8.89. The van der Waals surface area contributed by atoms with Gasteiger partial charge in [-0.1, -0.05) is 80.5 Å². The van der Waals surface area contributed by atoms with Crippen LogP contribution in [-0.2, 0) is 23.6 Å². The van der Waals surface area contributed by atoms with E-state index in [0.717, 1.165) is 0 Å². The maximum atomic E-state index is 6.58. The Labute approximate surface area is 177 Å². The van der Waals surface area contributed by atoms with E-state index in [1.807, 2.05) is 13.8 Å². The lowest BCUT2D eigenvalue weighted by Crippen LogP contribution is -2.24. The molecule has 1 unspecified atom stereocenters. The molecule has 0 nitrogen and oxygen atoms in total. The molecule has 27 heavy (non-hydrogen) atoms. The molecule has 150 valence electrons. The maximum absolute atomic E-state index is 6.58. The number of rotatable bonds is 1. The zero-order valence-corrected chi connectivity index (χ0v) is 22.4. The average molecular weight is 439 g/mol. The van der Waals surface area contributed by atoms with Gasteiger partial charge in [-0.2, -0.15) is 0 Å². The summed E-state index contributed by atoms with van der Waals surface area (Å²) in [6, 6.07) is -3.35. The maximum Gasteiger partial charge on any atom is 0.0181 e. The molecule has 0 aromatic heterocycles. The topological polar surface area (TPSA) is 0 Å². The first kappa shape index (κ1) is 22.0. The largest absolute Gasteiger partial charge is 0.0879 e. The zero-order valence-electron chi connectivity index (χ0n) is 19.0. The molecule has 0 spiro atoms. The van der Waals surface area contributed by atoms with Crippen LogP contribution in [0.5, 0.6) is 0 Å². The number of allylic oxidation sites excluding steroid dienone is 8. The lowest BCUT2D eigenvalue weighted by atomic mass is 9.73. The molecule has 5 atom stereocenters. The van der Waals surface area contributed by atoms with Gasteiger partial charge in [0.15, 0.2) is 0 Å². The smallest absolute Gasteiger partial charge is 0.0181 e. The third kappa shape index (κ3) is 2.08. The van der Waals surface area contributed by atoms with Crippen LogP contribution in [-0.4, -0.2) is 11.8 Å². The first-order valence-corrected chi connectivity index (χ1v) is 16.2. The minimum absolute atomic E-state index is 0.160. The summed E-state index contributed by atoms with van der Waals surface area (Å²) >= 11 is 13.1. The van der Waals surface area contributed by atoms with Gasteiger partial charge in [0.25, 0.3) is 0 Å². The first-order valence-electron chi connectivity index (χ1n) is 10.3. The van der Waals surface area contributed by atoms with Crippen molar-refractivity contribution in [3.63, 3.8) is 0 Å². The Morgan fingerprint density at radius 1 is 0.778 bits per heavy atom. The fourth-order valence-corrected chi connectivity index (χ4v) is 19.8. The minimum atomic E-state index is -1.71. The van der Waals surface area contributed by atoms with Gasteiger partial charge in [0, 0.05) is 28.6 Å². The molecule has 0 saturated heterocycles. The molecular formula is C23H36P2S2. The highest BCUT2D eigenvalue weighted by atomic mass is 32.4. The number of fused-ring (bicyclic) bond motifs is 4. The van der Waals surface area contributed by atoms with E-state index in [0.29, 0.717) is 5.66 Å². The molecule has 0 aromatic carbocycles. The van der Waals surface area contributed by atoms with Crippen LogP contribution < -0.4 is 0 Å². The van der Waals surface area contributed by atoms with Crippen LogP contribution in [0.3, 0.4) is 0 Å². The summed E-state index contributed by atoms with van der Waals surface area (Å²) in [7, 11) is 0. The predicted molar refractivity (Wildman–Crippen MR) is 133 cm³/mol. The summed E-state index contributed by atoms with van der Waals surface area (Å²) in [5, 5.41) is 6.23. The Bertz CT molecular complexity index is 988. The Hall–Kier alpha value is 0.260. The second kappa shape index (κ2) is 6.14. The molecule has 4 bridgehead atoms. The molecule has 4 aliphatic heterocycles. The summed E-state index contributed by atoms with van der Waals surface area (Å²) in [6.45, 7) is 25.3. The zero-order chi connectivity index (χ0) is 20.9. The second-order valence-electron chi connectivity index (χ2n) is 9.13. The van der Waals surface area contributed by atoms with Gasteiger partial charge in [0.2, 0.25) is 0 Å². The van der Waals surface area contributed by atoms with Crippen molar-refractivity contribution in [2.24, 2.45) is 10.8 Å². The van der Waals surface area contributed by atoms with Crippen molar-refractivity contribution >= 4 is 35.7 Å². The predicted octanol–water partition coefficient (Wildman–Crippen LogP) is 8.56. The van der Waals surface area contributed by atoms with Crippen LogP contribution in [0, 0.1) is 10.8 Å². The summed E-state index contributed by atoms with van der Waals surface area (Å²) in [4.78, 5) is 0. The Morgan fingerprint density at radius 2 is 1.30 bits per heavy atom. The second-order valence-corrected chi connectivity index (χ2v) is 18.9.